The van der Waals surface area contributed by atoms with Crippen molar-refractivity contribution in [1.82, 2.24) is 4.72 Å². The third-order valence-electron chi connectivity index (χ3n) is 3.32. The molecular formula is C15H26N2O3S. The number of aryl methyl sites for hydroxylation is 1. The monoisotopic (exact) mass is 314 g/mol. The van der Waals surface area contributed by atoms with Crippen LogP contribution in [0.4, 0.5) is 5.69 Å². The minimum Gasteiger partial charge on any atom is -0.398 e. The summed E-state index contributed by atoms with van der Waals surface area (Å²) in [6.07, 6.45) is 1.99. The third-order valence-corrected chi connectivity index (χ3v) is 4.84. The van der Waals surface area contributed by atoms with Gasteiger partial charge in [-0.15, -0.1) is 0 Å². The van der Waals surface area contributed by atoms with E-state index in [0.29, 0.717) is 48.7 Å². The van der Waals surface area contributed by atoms with E-state index in [1.807, 2.05) is 26.8 Å². The number of nitrogens with two attached hydrogens (primary N) is 1. The number of nitrogen functional groups attached to an aromatic ring is 1. The molecule has 5 nitrogen and oxygen atoms in total. The molecule has 21 heavy (non-hydrogen) atoms. The molecule has 0 unspecified atom stereocenters. The molecule has 0 aliphatic carbocycles. The van der Waals surface area contributed by atoms with Crippen LogP contribution in [0.1, 0.15) is 38.3 Å². The van der Waals surface area contributed by atoms with Crippen LogP contribution in [0.5, 0.6) is 0 Å². The van der Waals surface area contributed by atoms with Crippen LogP contribution >= 0.6 is 0 Å². The van der Waals surface area contributed by atoms with E-state index in [2.05, 4.69) is 4.72 Å². The Kier molecular flexibility index (Phi) is 7.14. The predicted octanol–water partition coefficient (Wildman–Crippen LogP) is 2.10. The van der Waals surface area contributed by atoms with Gasteiger partial charge in [-0.25, -0.2) is 13.1 Å². The molecule has 0 spiro atoms. The Morgan fingerprint density at radius 1 is 1.19 bits per heavy atom. The molecule has 0 aromatic heterocycles. The van der Waals surface area contributed by atoms with Gasteiger partial charge in [-0.2, -0.15) is 0 Å². The van der Waals surface area contributed by atoms with Gasteiger partial charge in [-0.3, -0.25) is 0 Å². The van der Waals surface area contributed by atoms with Crippen molar-refractivity contribution in [2.75, 3.05) is 25.5 Å². The topological polar surface area (TPSA) is 81.4 Å². The number of nitrogens with one attached hydrogen (secondary N) is 1. The first-order valence-corrected chi connectivity index (χ1v) is 8.93. The molecule has 6 heteroatoms. The number of hydrogen-bond acceptors (Lipinski definition) is 4. The molecule has 3 N–H and O–H groups in total. The van der Waals surface area contributed by atoms with Crippen molar-refractivity contribution < 1.29 is 13.2 Å². The van der Waals surface area contributed by atoms with Gasteiger partial charge in [-0.1, -0.05) is 13.8 Å². The fourth-order valence-electron chi connectivity index (χ4n) is 2.15. The number of sulfonamides is 1. The van der Waals surface area contributed by atoms with E-state index in [-0.39, 0.29) is 0 Å². The minimum absolute atomic E-state index is 0.304. The van der Waals surface area contributed by atoms with Crippen molar-refractivity contribution in [1.29, 1.82) is 0 Å². The van der Waals surface area contributed by atoms with E-state index in [1.165, 1.54) is 0 Å². The minimum atomic E-state index is -3.53. The molecule has 0 bridgehead atoms. The predicted molar refractivity (Wildman–Crippen MR) is 85.9 cm³/mol. The molecule has 0 aliphatic heterocycles. The first-order valence-electron chi connectivity index (χ1n) is 7.44. The lowest BCUT2D eigenvalue weighted by atomic mass is 10.1. The number of anilines is 1. The molecule has 1 aromatic carbocycles. The van der Waals surface area contributed by atoms with Crippen LogP contribution in [-0.4, -0.2) is 28.2 Å². The van der Waals surface area contributed by atoms with Crippen LogP contribution < -0.4 is 10.5 Å². The highest BCUT2D eigenvalue weighted by Crippen LogP contribution is 2.25. The summed E-state index contributed by atoms with van der Waals surface area (Å²) in [6, 6.07) is 3.58. The SMILES string of the molecule is CCOCCCNS(=O)(=O)c1cc(CC)cc(N)c1CC. The second-order valence-electron chi connectivity index (χ2n) is 4.82. The van der Waals surface area contributed by atoms with Crippen molar-refractivity contribution in [2.24, 2.45) is 0 Å². The average Bonchev–Trinajstić information content (AvgIpc) is 2.46. The highest BCUT2D eigenvalue weighted by molar-refractivity contribution is 7.89. The second kappa shape index (κ2) is 8.36. The summed E-state index contributed by atoms with van der Waals surface area (Å²) < 4.78 is 32.7. The number of hydrogen-bond donors (Lipinski definition) is 2. The number of rotatable bonds is 9. The Morgan fingerprint density at radius 2 is 1.90 bits per heavy atom. The van der Waals surface area contributed by atoms with Gasteiger partial charge in [-0.05, 0) is 49.4 Å². The van der Waals surface area contributed by atoms with E-state index in [0.717, 1.165) is 12.0 Å². The van der Waals surface area contributed by atoms with Gasteiger partial charge >= 0.3 is 0 Å². The zero-order chi connectivity index (χ0) is 15.9. The molecule has 0 fully saturated rings. The van der Waals surface area contributed by atoms with Gasteiger partial charge in [0.15, 0.2) is 0 Å². The number of benzene rings is 1. The lowest BCUT2D eigenvalue weighted by molar-refractivity contribution is 0.146. The molecule has 0 saturated carbocycles. The largest absolute Gasteiger partial charge is 0.398 e. The van der Waals surface area contributed by atoms with Gasteiger partial charge in [0.2, 0.25) is 10.0 Å². The maximum absolute atomic E-state index is 12.5. The highest BCUT2D eigenvalue weighted by atomic mass is 32.2. The van der Waals surface area contributed by atoms with E-state index < -0.39 is 10.0 Å². The zero-order valence-corrected chi connectivity index (χ0v) is 13.9. The molecular weight excluding hydrogens is 288 g/mol. The van der Waals surface area contributed by atoms with Crippen LogP contribution in [0, 0.1) is 0 Å². The Morgan fingerprint density at radius 3 is 2.48 bits per heavy atom. The summed E-state index contributed by atoms with van der Waals surface area (Å²) in [5, 5.41) is 0. The van der Waals surface area contributed by atoms with Gasteiger partial charge in [0.25, 0.3) is 0 Å². The Bertz CT molecular complexity index is 556. The van der Waals surface area contributed by atoms with Crippen LogP contribution in [-0.2, 0) is 27.6 Å². The van der Waals surface area contributed by atoms with Crippen molar-refractivity contribution >= 4 is 15.7 Å². The lowest BCUT2D eigenvalue weighted by Crippen LogP contribution is -2.27. The molecule has 120 valence electrons. The molecule has 0 aliphatic rings. The van der Waals surface area contributed by atoms with E-state index in [9.17, 15) is 8.42 Å². The van der Waals surface area contributed by atoms with Crippen molar-refractivity contribution in [2.45, 2.75) is 44.9 Å². The summed E-state index contributed by atoms with van der Waals surface area (Å²) in [5.74, 6) is 0. The van der Waals surface area contributed by atoms with Gasteiger partial charge in [0, 0.05) is 25.4 Å². The maximum atomic E-state index is 12.5. The highest BCUT2D eigenvalue weighted by Gasteiger charge is 2.19. The van der Waals surface area contributed by atoms with Gasteiger partial charge in [0.05, 0.1) is 4.90 Å². The van der Waals surface area contributed by atoms with Crippen molar-refractivity contribution in [3.05, 3.63) is 23.3 Å². The molecule has 0 radical (unpaired) electrons. The van der Waals surface area contributed by atoms with E-state index in [1.54, 1.807) is 6.07 Å². The third kappa shape index (κ3) is 4.98. The van der Waals surface area contributed by atoms with Crippen LogP contribution in [0.15, 0.2) is 17.0 Å². The standard InChI is InChI=1S/C15H26N2O3S/c1-4-12-10-14(16)13(5-2)15(11-12)21(18,19)17-8-7-9-20-6-3/h10-11,17H,4-9,16H2,1-3H3. The zero-order valence-electron chi connectivity index (χ0n) is 13.1. The summed E-state index contributed by atoms with van der Waals surface area (Å²) in [7, 11) is -3.53. The molecule has 0 heterocycles. The normalized spacial score (nSPS) is 11.8. The fourth-order valence-corrected chi connectivity index (χ4v) is 3.61. The van der Waals surface area contributed by atoms with Crippen molar-refractivity contribution in [3.8, 4) is 0 Å². The summed E-state index contributed by atoms with van der Waals surface area (Å²) in [4.78, 5) is 0.304. The van der Waals surface area contributed by atoms with Gasteiger partial charge < -0.3 is 10.5 Å². The van der Waals surface area contributed by atoms with Crippen molar-refractivity contribution in [3.63, 3.8) is 0 Å². The van der Waals surface area contributed by atoms with Crippen LogP contribution in [0.25, 0.3) is 0 Å². The Balaban J connectivity index is 2.93. The smallest absolute Gasteiger partial charge is 0.240 e. The second-order valence-corrected chi connectivity index (χ2v) is 6.55. The summed E-state index contributed by atoms with van der Waals surface area (Å²) in [5.41, 5.74) is 8.15. The lowest BCUT2D eigenvalue weighted by Gasteiger charge is -2.14. The fraction of sp³-hybridized carbons (Fsp3) is 0.600. The molecule has 0 saturated heterocycles. The molecule has 1 aromatic rings. The first kappa shape index (κ1) is 17.9. The summed E-state index contributed by atoms with van der Waals surface area (Å²) >= 11 is 0. The molecule has 1 rings (SSSR count). The summed E-state index contributed by atoms with van der Waals surface area (Å²) in [6.45, 7) is 7.36. The number of ether oxygens (including phenoxy) is 1. The Labute approximate surface area is 127 Å². The Hall–Kier alpha value is -1.11. The molecule has 0 atom stereocenters. The average molecular weight is 314 g/mol. The van der Waals surface area contributed by atoms with E-state index >= 15 is 0 Å². The molecule has 0 amide bonds. The van der Waals surface area contributed by atoms with Crippen LogP contribution in [0.2, 0.25) is 0 Å². The quantitative estimate of drug-likeness (QED) is 0.540. The maximum Gasteiger partial charge on any atom is 0.240 e. The van der Waals surface area contributed by atoms with Gasteiger partial charge in [0.1, 0.15) is 0 Å². The van der Waals surface area contributed by atoms with Crippen LogP contribution in [0.3, 0.4) is 0 Å². The van der Waals surface area contributed by atoms with E-state index in [4.69, 9.17) is 10.5 Å². The first-order chi connectivity index (χ1) is 9.96.